The lowest BCUT2D eigenvalue weighted by Crippen LogP contribution is -2.42. The third kappa shape index (κ3) is 6.20. The number of hydrogen-bond acceptors (Lipinski definition) is 3. The number of nitrogens with one attached hydrogen (secondary N) is 2. The second-order valence-corrected chi connectivity index (χ2v) is 6.57. The van der Waals surface area contributed by atoms with Gasteiger partial charge in [-0.1, -0.05) is 38.1 Å². The molecule has 1 atom stereocenters. The molecule has 0 aliphatic carbocycles. The summed E-state index contributed by atoms with van der Waals surface area (Å²) in [5.74, 6) is 0.428. The molecule has 5 nitrogen and oxygen atoms in total. The Kier molecular flexibility index (Phi) is 6.86. The lowest BCUT2D eigenvalue weighted by molar-refractivity contribution is 0.0342. The summed E-state index contributed by atoms with van der Waals surface area (Å²) >= 11 is 0. The van der Waals surface area contributed by atoms with Crippen LogP contribution in [0.3, 0.4) is 0 Å². The third-order valence-electron chi connectivity index (χ3n) is 4.31. The van der Waals surface area contributed by atoms with Crippen LogP contribution in [0.2, 0.25) is 0 Å². The first-order valence-electron chi connectivity index (χ1n) is 8.47. The van der Waals surface area contributed by atoms with Crippen molar-refractivity contribution in [3.63, 3.8) is 0 Å². The average Bonchev–Trinajstić information content (AvgIpc) is 2.54. The Morgan fingerprint density at radius 2 is 1.91 bits per heavy atom. The maximum absolute atomic E-state index is 11.9. The highest BCUT2D eigenvalue weighted by Crippen LogP contribution is 2.10. The number of benzene rings is 1. The van der Waals surface area contributed by atoms with Crippen LogP contribution in [-0.4, -0.2) is 43.3 Å². The molecule has 2 N–H and O–H groups in total. The molecular weight excluding hydrogens is 290 g/mol. The van der Waals surface area contributed by atoms with Gasteiger partial charge in [-0.3, -0.25) is 4.90 Å². The second-order valence-electron chi connectivity index (χ2n) is 6.57. The van der Waals surface area contributed by atoms with Crippen LogP contribution in [0.5, 0.6) is 0 Å². The van der Waals surface area contributed by atoms with Crippen LogP contribution in [0, 0.1) is 5.92 Å². The van der Waals surface area contributed by atoms with E-state index in [1.54, 1.807) is 0 Å². The van der Waals surface area contributed by atoms with Crippen LogP contribution in [-0.2, 0) is 17.8 Å². The lowest BCUT2D eigenvalue weighted by atomic mass is 10.1. The number of nitrogens with zero attached hydrogens (tertiary/aromatic N) is 1. The van der Waals surface area contributed by atoms with E-state index in [4.69, 9.17) is 4.74 Å². The fourth-order valence-electron chi connectivity index (χ4n) is 2.46. The predicted octanol–water partition coefficient (Wildman–Crippen LogP) is 2.36. The Morgan fingerprint density at radius 3 is 2.61 bits per heavy atom. The summed E-state index contributed by atoms with van der Waals surface area (Å²) in [5.41, 5.74) is 2.41. The summed E-state index contributed by atoms with van der Waals surface area (Å²) in [4.78, 5) is 14.3. The molecule has 1 saturated heterocycles. The van der Waals surface area contributed by atoms with Gasteiger partial charge in [0.15, 0.2) is 0 Å². The Bertz CT molecular complexity index is 499. The molecular formula is C18H29N3O2. The highest BCUT2D eigenvalue weighted by molar-refractivity contribution is 5.74. The monoisotopic (exact) mass is 319 g/mol. The van der Waals surface area contributed by atoms with Crippen molar-refractivity contribution in [2.45, 2.75) is 39.9 Å². The number of hydrogen-bond donors (Lipinski definition) is 2. The van der Waals surface area contributed by atoms with E-state index in [9.17, 15) is 4.79 Å². The normalized spacial score (nSPS) is 17.0. The molecule has 1 aliphatic heterocycles. The van der Waals surface area contributed by atoms with Crippen LogP contribution in [0.25, 0.3) is 0 Å². The number of ether oxygens (including phenoxy) is 1. The fourth-order valence-corrected chi connectivity index (χ4v) is 2.46. The first kappa shape index (κ1) is 17.8. The van der Waals surface area contributed by atoms with Crippen molar-refractivity contribution >= 4 is 6.03 Å². The fraction of sp³-hybridized carbons (Fsp3) is 0.611. The summed E-state index contributed by atoms with van der Waals surface area (Å²) in [6, 6.07) is 8.48. The molecule has 23 heavy (non-hydrogen) atoms. The number of amides is 2. The highest BCUT2D eigenvalue weighted by atomic mass is 16.5. The number of morpholine rings is 1. The van der Waals surface area contributed by atoms with Gasteiger partial charge in [-0.2, -0.15) is 0 Å². The first-order chi connectivity index (χ1) is 11.0. The van der Waals surface area contributed by atoms with Crippen molar-refractivity contribution in [3.05, 3.63) is 35.4 Å². The van der Waals surface area contributed by atoms with E-state index < -0.39 is 0 Å². The first-order valence-corrected chi connectivity index (χ1v) is 8.47. The number of rotatable bonds is 6. The minimum atomic E-state index is -0.107. The molecule has 1 heterocycles. The Labute approximate surface area is 139 Å². The zero-order valence-electron chi connectivity index (χ0n) is 14.5. The van der Waals surface area contributed by atoms with Gasteiger partial charge < -0.3 is 15.4 Å². The molecule has 1 aromatic rings. The Hall–Kier alpha value is -1.59. The molecule has 1 aliphatic rings. The Balaban J connectivity index is 1.81. The quantitative estimate of drug-likeness (QED) is 0.846. The molecule has 0 spiro atoms. The standard InChI is InChI=1S/C18H29N3O2/c1-14(2)15(3)20-18(22)19-12-16-5-4-6-17(11-16)13-21-7-9-23-10-8-21/h4-6,11,14-15H,7-10,12-13H2,1-3H3,(H2,19,20,22). The number of carbonyl (C=O) groups is 1. The van der Waals surface area contributed by atoms with Crippen LogP contribution in [0.15, 0.2) is 24.3 Å². The van der Waals surface area contributed by atoms with E-state index >= 15 is 0 Å². The van der Waals surface area contributed by atoms with Crippen molar-refractivity contribution in [2.75, 3.05) is 26.3 Å². The largest absolute Gasteiger partial charge is 0.379 e. The van der Waals surface area contributed by atoms with Crippen molar-refractivity contribution in [2.24, 2.45) is 5.92 Å². The maximum Gasteiger partial charge on any atom is 0.315 e. The van der Waals surface area contributed by atoms with Crippen molar-refractivity contribution in [3.8, 4) is 0 Å². The van der Waals surface area contributed by atoms with Crippen LogP contribution in [0.1, 0.15) is 31.9 Å². The van der Waals surface area contributed by atoms with Gasteiger partial charge in [0, 0.05) is 32.2 Å². The van der Waals surface area contributed by atoms with Crippen molar-refractivity contribution in [1.29, 1.82) is 0 Å². The van der Waals surface area contributed by atoms with Gasteiger partial charge in [-0.05, 0) is 24.0 Å². The second kappa shape index (κ2) is 8.89. The number of urea groups is 1. The summed E-state index contributed by atoms with van der Waals surface area (Å²) in [6.45, 7) is 11.3. The van der Waals surface area contributed by atoms with Gasteiger partial charge in [-0.15, -0.1) is 0 Å². The molecule has 1 fully saturated rings. The molecule has 0 saturated carbocycles. The van der Waals surface area contributed by atoms with Crippen LogP contribution >= 0.6 is 0 Å². The SMILES string of the molecule is CC(C)C(C)NC(=O)NCc1cccc(CN2CCOCC2)c1. The topological polar surface area (TPSA) is 53.6 Å². The minimum Gasteiger partial charge on any atom is -0.379 e. The molecule has 0 aromatic heterocycles. The lowest BCUT2D eigenvalue weighted by Gasteiger charge is -2.26. The van der Waals surface area contributed by atoms with Gasteiger partial charge >= 0.3 is 6.03 Å². The van der Waals surface area contributed by atoms with E-state index in [0.717, 1.165) is 38.4 Å². The molecule has 0 radical (unpaired) electrons. The molecule has 0 bridgehead atoms. The molecule has 2 amide bonds. The van der Waals surface area contributed by atoms with E-state index in [-0.39, 0.29) is 12.1 Å². The zero-order chi connectivity index (χ0) is 16.7. The molecule has 1 unspecified atom stereocenters. The van der Waals surface area contributed by atoms with E-state index in [0.29, 0.717) is 12.5 Å². The molecule has 2 rings (SSSR count). The van der Waals surface area contributed by atoms with Gasteiger partial charge in [0.1, 0.15) is 0 Å². The smallest absolute Gasteiger partial charge is 0.315 e. The average molecular weight is 319 g/mol. The van der Waals surface area contributed by atoms with Gasteiger partial charge in [0.05, 0.1) is 13.2 Å². The summed E-state index contributed by atoms with van der Waals surface area (Å²) < 4.78 is 5.38. The summed E-state index contributed by atoms with van der Waals surface area (Å²) in [7, 11) is 0. The van der Waals surface area contributed by atoms with Crippen molar-refractivity contribution < 1.29 is 9.53 Å². The van der Waals surface area contributed by atoms with Gasteiger partial charge in [-0.25, -0.2) is 4.79 Å². The van der Waals surface area contributed by atoms with E-state index in [1.165, 1.54) is 5.56 Å². The zero-order valence-corrected chi connectivity index (χ0v) is 14.5. The van der Waals surface area contributed by atoms with Gasteiger partial charge in [0.2, 0.25) is 0 Å². The van der Waals surface area contributed by atoms with E-state index in [2.05, 4.69) is 53.6 Å². The van der Waals surface area contributed by atoms with E-state index in [1.807, 2.05) is 6.92 Å². The van der Waals surface area contributed by atoms with Gasteiger partial charge in [0.25, 0.3) is 0 Å². The maximum atomic E-state index is 11.9. The van der Waals surface area contributed by atoms with Crippen molar-refractivity contribution in [1.82, 2.24) is 15.5 Å². The highest BCUT2D eigenvalue weighted by Gasteiger charge is 2.12. The van der Waals surface area contributed by atoms with Crippen LogP contribution < -0.4 is 10.6 Å². The minimum absolute atomic E-state index is 0.107. The molecule has 128 valence electrons. The number of carbonyl (C=O) groups excluding carboxylic acids is 1. The summed E-state index contributed by atoms with van der Waals surface area (Å²) in [5, 5.41) is 5.89. The predicted molar refractivity (Wildman–Crippen MR) is 92.2 cm³/mol. The molecule has 5 heteroatoms. The molecule has 1 aromatic carbocycles. The van der Waals surface area contributed by atoms with Crippen LogP contribution in [0.4, 0.5) is 4.79 Å². The Morgan fingerprint density at radius 1 is 1.22 bits per heavy atom. The third-order valence-corrected chi connectivity index (χ3v) is 4.31. The summed E-state index contributed by atoms with van der Waals surface area (Å²) in [6.07, 6.45) is 0.